The SMILES string of the molecule is CC(CCO)CNCCNC(CO)C(C)C. The van der Waals surface area contributed by atoms with Crippen molar-refractivity contribution >= 4 is 0 Å². The molecule has 2 unspecified atom stereocenters. The molecular formula is C12H28N2O2. The lowest BCUT2D eigenvalue weighted by atomic mass is 10.1. The van der Waals surface area contributed by atoms with Gasteiger partial charge in [0.1, 0.15) is 0 Å². The Balaban J connectivity index is 3.38. The molecule has 0 radical (unpaired) electrons. The smallest absolute Gasteiger partial charge is 0.0587 e. The van der Waals surface area contributed by atoms with Crippen molar-refractivity contribution in [2.75, 3.05) is 32.8 Å². The highest BCUT2D eigenvalue weighted by atomic mass is 16.3. The van der Waals surface area contributed by atoms with E-state index < -0.39 is 0 Å². The summed E-state index contributed by atoms with van der Waals surface area (Å²) >= 11 is 0. The van der Waals surface area contributed by atoms with Crippen molar-refractivity contribution < 1.29 is 10.2 Å². The number of rotatable bonds is 10. The summed E-state index contributed by atoms with van der Waals surface area (Å²) in [6.45, 7) is 9.50. The highest BCUT2D eigenvalue weighted by Crippen LogP contribution is 1.99. The van der Waals surface area contributed by atoms with Gasteiger partial charge >= 0.3 is 0 Å². The van der Waals surface area contributed by atoms with E-state index in [9.17, 15) is 0 Å². The Morgan fingerprint density at radius 1 is 1.06 bits per heavy atom. The topological polar surface area (TPSA) is 64.5 Å². The molecule has 0 aliphatic rings. The lowest BCUT2D eigenvalue weighted by Crippen LogP contribution is -2.41. The molecule has 4 heteroatoms. The first-order valence-electron chi connectivity index (χ1n) is 6.27. The van der Waals surface area contributed by atoms with Crippen molar-refractivity contribution in [1.82, 2.24) is 10.6 Å². The average Bonchev–Trinajstić information content (AvgIpc) is 2.23. The van der Waals surface area contributed by atoms with E-state index in [2.05, 4.69) is 31.4 Å². The van der Waals surface area contributed by atoms with E-state index >= 15 is 0 Å². The average molecular weight is 232 g/mol. The molecule has 0 aliphatic heterocycles. The van der Waals surface area contributed by atoms with Crippen molar-refractivity contribution in [1.29, 1.82) is 0 Å². The van der Waals surface area contributed by atoms with Gasteiger partial charge in [-0.15, -0.1) is 0 Å². The molecule has 4 N–H and O–H groups in total. The van der Waals surface area contributed by atoms with E-state index in [-0.39, 0.29) is 19.3 Å². The molecular weight excluding hydrogens is 204 g/mol. The zero-order valence-electron chi connectivity index (χ0n) is 10.9. The molecule has 0 spiro atoms. The Labute approximate surface area is 99.4 Å². The van der Waals surface area contributed by atoms with E-state index in [0.717, 1.165) is 26.1 Å². The summed E-state index contributed by atoms with van der Waals surface area (Å²) < 4.78 is 0. The second-order valence-corrected chi connectivity index (χ2v) is 4.81. The van der Waals surface area contributed by atoms with Crippen molar-refractivity contribution in [3.8, 4) is 0 Å². The zero-order chi connectivity index (χ0) is 12.4. The molecule has 0 rings (SSSR count). The largest absolute Gasteiger partial charge is 0.396 e. The van der Waals surface area contributed by atoms with E-state index in [1.165, 1.54) is 0 Å². The molecule has 0 heterocycles. The summed E-state index contributed by atoms with van der Waals surface area (Å²) in [5, 5.41) is 24.5. The van der Waals surface area contributed by atoms with Crippen LogP contribution >= 0.6 is 0 Å². The van der Waals surface area contributed by atoms with Crippen LogP contribution in [0.2, 0.25) is 0 Å². The standard InChI is InChI=1S/C12H28N2O2/c1-10(2)12(9-16)14-6-5-13-8-11(3)4-7-15/h10-16H,4-9H2,1-3H3. The molecule has 0 aromatic heterocycles. The lowest BCUT2D eigenvalue weighted by molar-refractivity contribution is 0.211. The fraction of sp³-hybridized carbons (Fsp3) is 1.00. The molecule has 0 saturated carbocycles. The molecule has 2 atom stereocenters. The van der Waals surface area contributed by atoms with Crippen molar-refractivity contribution in [2.45, 2.75) is 33.2 Å². The minimum Gasteiger partial charge on any atom is -0.396 e. The maximum atomic E-state index is 9.10. The summed E-state index contributed by atoms with van der Waals surface area (Å²) in [4.78, 5) is 0. The Bertz CT molecular complexity index is 154. The van der Waals surface area contributed by atoms with Gasteiger partial charge in [0.05, 0.1) is 6.61 Å². The third-order valence-corrected chi connectivity index (χ3v) is 2.82. The zero-order valence-corrected chi connectivity index (χ0v) is 10.9. The van der Waals surface area contributed by atoms with Crippen LogP contribution in [0.15, 0.2) is 0 Å². The minimum absolute atomic E-state index is 0.191. The molecule has 4 nitrogen and oxygen atoms in total. The predicted molar refractivity (Wildman–Crippen MR) is 67.5 cm³/mol. The molecule has 98 valence electrons. The van der Waals surface area contributed by atoms with E-state index in [1.807, 2.05) is 0 Å². The van der Waals surface area contributed by atoms with E-state index in [0.29, 0.717) is 11.8 Å². The molecule has 0 aromatic carbocycles. The quantitative estimate of drug-likeness (QED) is 0.406. The fourth-order valence-corrected chi connectivity index (χ4v) is 1.53. The predicted octanol–water partition coefficient (Wildman–Crippen LogP) is 0.201. The van der Waals surface area contributed by atoms with Crippen LogP contribution in [0, 0.1) is 11.8 Å². The maximum Gasteiger partial charge on any atom is 0.0587 e. The molecule has 0 bridgehead atoms. The second-order valence-electron chi connectivity index (χ2n) is 4.81. The van der Waals surface area contributed by atoms with Gasteiger partial charge in [0, 0.05) is 25.7 Å². The van der Waals surface area contributed by atoms with Crippen LogP contribution in [0.5, 0.6) is 0 Å². The summed E-state index contributed by atoms with van der Waals surface area (Å²) in [5.41, 5.74) is 0. The van der Waals surface area contributed by atoms with Crippen LogP contribution in [-0.4, -0.2) is 49.1 Å². The number of hydrogen-bond donors (Lipinski definition) is 4. The van der Waals surface area contributed by atoms with Gasteiger partial charge in [-0.05, 0) is 24.8 Å². The molecule has 0 saturated heterocycles. The van der Waals surface area contributed by atoms with Crippen LogP contribution in [-0.2, 0) is 0 Å². The Kier molecular flexibility index (Phi) is 9.92. The summed E-state index contributed by atoms with van der Waals surface area (Å²) in [6.07, 6.45) is 0.853. The number of nitrogens with one attached hydrogen (secondary N) is 2. The van der Waals surface area contributed by atoms with Gasteiger partial charge in [0.15, 0.2) is 0 Å². The summed E-state index contributed by atoms with van der Waals surface area (Å²) in [7, 11) is 0. The molecule has 0 amide bonds. The maximum absolute atomic E-state index is 9.10. The van der Waals surface area contributed by atoms with Crippen LogP contribution in [0.3, 0.4) is 0 Å². The van der Waals surface area contributed by atoms with E-state index in [1.54, 1.807) is 0 Å². The normalized spacial score (nSPS) is 15.4. The van der Waals surface area contributed by atoms with Crippen LogP contribution < -0.4 is 10.6 Å². The fourth-order valence-electron chi connectivity index (χ4n) is 1.53. The van der Waals surface area contributed by atoms with Crippen molar-refractivity contribution in [3.05, 3.63) is 0 Å². The highest BCUT2D eigenvalue weighted by molar-refractivity contribution is 4.69. The molecule has 0 fully saturated rings. The minimum atomic E-state index is 0.191. The van der Waals surface area contributed by atoms with Gasteiger partial charge in [-0.2, -0.15) is 0 Å². The number of aliphatic hydroxyl groups is 2. The Hall–Kier alpha value is -0.160. The molecule has 0 aromatic rings. The van der Waals surface area contributed by atoms with Gasteiger partial charge in [-0.3, -0.25) is 0 Å². The van der Waals surface area contributed by atoms with Gasteiger partial charge in [-0.1, -0.05) is 20.8 Å². The van der Waals surface area contributed by atoms with Crippen molar-refractivity contribution in [3.63, 3.8) is 0 Å². The van der Waals surface area contributed by atoms with Gasteiger partial charge in [0.25, 0.3) is 0 Å². The third kappa shape index (κ3) is 8.05. The first-order valence-corrected chi connectivity index (χ1v) is 6.27. The van der Waals surface area contributed by atoms with Crippen LogP contribution in [0.1, 0.15) is 27.2 Å². The van der Waals surface area contributed by atoms with Crippen LogP contribution in [0.25, 0.3) is 0 Å². The summed E-state index contributed by atoms with van der Waals surface area (Å²) in [5.74, 6) is 0.974. The van der Waals surface area contributed by atoms with E-state index in [4.69, 9.17) is 10.2 Å². The van der Waals surface area contributed by atoms with Gasteiger partial charge in [-0.25, -0.2) is 0 Å². The molecule has 0 aliphatic carbocycles. The van der Waals surface area contributed by atoms with Gasteiger partial charge < -0.3 is 20.8 Å². The lowest BCUT2D eigenvalue weighted by Gasteiger charge is -2.20. The number of hydrogen-bond acceptors (Lipinski definition) is 4. The van der Waals surface area contributed by atoms with Crippen LogP contribution in [0.4, 0.5) is 0 Å². The molecule has 16 heavy (non-hydrogen) atoms. The first kappa shape index (κ1) is 15.8. The third-order valence-electron chi connectivity index (χ3n) is 2.82. The highest BCUT2D eigenvalue weighted by Gasteiger charge is 2.10. The number of aliphatic hydroxyl groups excluding tert-OH is 2. The Morgan fingerprint density at radius 2 is 1.75 bits per heavy atom. The Morgan fingerprint density at radius 3 is 2.25 bits per heavy atom. The second kappa shape index (κ2) is 10.0. The first-order chi connectivity index (χ1) is 7.61. The monoisotopic (exact) mass is 232 g/mol. The van der Waals surface area contributed by atoms with Gasteiger partial charge in [0.2, 0.25) is 0 Å². The summed E-state index contributed by atoms with van der Waals surface area (Å²) in [6, 6.07) is 0.191. The van der Waals surface area contributed by atoms with Crippen molar-refractivity contribution in [2.24, 2.45) is 11.8 Å².